The zero-order valence-electron chi connectivity index (χ0n) is 8.68. The summed E-state index contributed by atoms with van der Waals surface area (Å²) >= 11 is 1.51. The molecule has 0 fully saturated rings. The van der Waals surface area contributed by atoms with Crippen LogP contribution in [0, 0.1) is 0 Å². The van der Waals surface area contributed by atoms with E-state index in [0.29, 0.717) is 4.17 Å². The molecule has 1 unspecified atom stereocenters. The van der Waals surface area contributed by atoms with E-state index in [1.54, 1.807) is 6.16 Å². The van der Waals surface area contributed by atoms with Gasteiger partial charge in [-0.15, -0.1) is 0 Å². The van der Waals surface area contributed by atoms with Crippen molar-refractivity contribution >= 4 is 4.17 Å². The van der Waals surface area contributed by atoms with Crippen LogP contribution in [0.2, 0.25) is 0 Å². The Morgan fingerprint density at radius 3 is 1.92 bits per heavy atom. The molecule has 0 aliphatic rings. The summed E-state index contributed by atoms with van der Waals surface area (Å²) in [6, 6.07) is 0. The second kappa shape index (κ2) is 10.6. The number of unbranched alkanes of at least 4 members (excludes halogenated alkanes) is 6. The van der Waals surface area contributed by atoms with Crippen LogP contribution in [0.5, 0.6) is 0 Å². The van der Waals surface area contributed by atoms with Crippen molar-refractivity contribution < 1.29 is 30.3 Å². The maximum absolute atomic E-state index is 2.44. The van der Waals surface area contributed by atoms with Gasteiger partial charge in [0.25, 0.3) is 0 Å². The van der Waals surface area contributed by atoms with Crippen LogP contribution in [-0.2, 0) is 30.3 Å². The van der Waals surface area contributed by atoms with Crippen molar-refractivity contribution in [1.82, 2.24) is 0 Å². The Kier molecular flexibility index (Phi) is 12.0. The van der Waals surface area contributed by atoms with E-state index >= 15 is 0 Å². The predicted octanol–water partition coefficient (Wildman–Crippen LogP) is 4.31. The Morgan fingerprint density at radius 1 is 0.917 bits per heavy atom. The SMILES string of the molecule is CCCCCCCCC[P](C)[Y]. The second-order valence-electron chi connectivity index (χ2n) is 3.60. The summed E-state index contributed by atoms with van der Waals surface area (Å²) in [5, 5.41) is 0. The van der Waals surface area contributed by atoms with Gasteiger partial charge in [0.2, 0.25) is 0 Å². The monoisotopic (exact) mass is 262 g/mol. The molecule has 0 spiro atoms. The van der Waals surface area contributed by atoms with Gasteiger partial charge in [0.1, 0.15) is 0 Å². The van der Waals surface area contributed by atoms with Gasteiger partial charge in [-0.1, -0.05) is 0 Å². The molecule has 0 aromatic heterocycles. The molecule has 0 saturated carbocycles. The fourth-order valence-electron chi connectivity index (χ4n) is 1.32. The summed E-state index contributed by atoms with van der Waals surface area (Å²) in [5.74, 6) is 0. The van der Waals surface area contributed by atoms with Gasteiger partial charge < -0.3 is 0 Å². The van der Waals surface area contributed by atoms with Crippen molar-refractivity contribution in [2.75, 3.05) is 12.8 Å². The number of rotatable bonds is 8. The molecule has 0 radical (unpaired) electrons. The molecule has 0 nitrogen and oxygen atoms in total. The van der Waals surface area contributed by atoms with Gasteiger partial charge in [0.15, 0.2) is 0 Å². The van der Waals surface area contributed by atoms with Crippen molar-refractivity contribution in [3.05, 3.63) is 0 Å². The topological polar surface area (TPSA) is 0 Å². The first-order chi connectivity index (χ1) is 5.77. The summed E-state index contributed by atoms with van der Waals surface area (Å²) < 4.78 is 0.502. The van der Waals surface area contributed by atoms with Gasteiger partial charge in [-0.05, 0) is 0 Å². The van der Waals surface area contributed by atoms with Crippen LogP contribution < -0.4 is 0 Å². The third-order valence-electron chi connectivity index (χ3n) is 2.11. The zero-order valence-corrected chi connectivity index (χ0v) is 12.4. The van der Waals surface area contributed by atoms with E-state index in [4.69, 9.17) is 0 Å². The standard InChI is InChI=1S/C10H22P.Y/c1-3-4-5-6-7-8-9-10-11-2;/h3-10H2,1-2H3;/q-1;+1. The Bertz CT molecular complexity index is 83.9. The molecular weight excluding hydrogens is 240 g/mol. The molecule has 0 aliphatic carbocycles. The molecule has 70 valence electrons. The summed E-state index contributed by atoms with van der Waals surface area (Å²) in [5.41, 5.74) is 0. The maximum atomic E-state index is 2.44. The van der Waals surface area contributed by atoms with Crippen molar-refractivity contribution in [2.45, 2.75) is 51.9 Å². The first-order valence-corrected chi connectivity index (χ1v) is 11.1. The fourth-order valence-corrected chi connectivity index (χ4v) is 3.39. The van der Waals surface area contributed by atoms with Crippen LogP contribution in [0.4, 0.5) is 0 Å². The molecular formula is C10H22PY. The van der Waals surface area contributed by atoms with Crippen LogP contribution >= 0.6 is 4.17 Å². The molecule has 0 N–H and O–H groups in total. The van der Waals surface area contributed by atoms with Gasteiger partial charge in [0, 0.05) is 0 Å². The summed E-state index contributed by atoms with van der Waals surface area (Å²) in [7, 11) is 0. The van der Waals surface area contributed by atoms with Crippen molar-refractivity contribution in [1.29, 1.82) is 0 Å². The second-order valence-corrected chi connectivity index (χ2v) is 12.1. The molecule has 2 heteroatoms. The average molecular weight is 262 g/mol. The van der Waals surface area contributed by atoms with Crippen LogP contribution in [0.1, 0.15) is 51.9 Å². The van der Waals surface area contributed by atoms with Gasteiger partial charge >= 0.3 is 99.1 Å². The van der Waals surface area contributed by atoms with Gasteiger partial charge in [-0.2, -0.15) is 0 Å². The van der Waals surface area contributed by atoms with Crippen LogP contribution in [0.15, 0.2) is 0 Å². The van der Waals surface area contributed by atoms with Gasteiger partial charge in [-0.25, -0.2) is 0 Å². The van der Waals surface area contributed by atoms with E-state index in [1.807, 2.05) is 0 Å². The van der Waals surface area contributed by atoms with Crippen molar-refractivity contribution in [3.8, 4) is 0 Å². The molecule has 0 rings (SSSR count). The number of hydrogen-bond donors (Lipinski definition) is 0. The summed E-state index contributed by atoms with van der Waals surface area (Å²) in [4.78, 5) is 0. The molecule has 0 amide bonds. The first-order valence-electron chi connectivity index (χ1n) is 5.23. The quantitative estimate of drug-likeness (QED) is 0.451. The van der Waals surface area contributed by atoms with Gasteiger partial charge in [0.05, 0.1) is 0 Å². The molecule has 0 aliphatic heterocycles. The third-order valence-corrected chi connectivity index (χ3v) is 5.04. The average Bonchev–Trinajstić information content (AvgIpc) is 2.02. The van der Waals surface area contributed by atoms with Crippen LogP contribution in [0.25, 0.3) is 0 Å². The molecule has 0 heterocycles. The molecule has 0 bridgehead atoms. The van der Waals surface area contributed by atoms with E-state index in [2.05, 4.69) is 13.6 Å². The van der Waals surface area contributed by atoms with Crippen molar-refractivity contribution in [3.63, 3.8) is 0 Å². The fraction of sp³-hybridized carbons (Fsp3) is 1.00. The summed E-state index contributed by atoms with van der Waals surface area (Å²) in [6.07, 6.45) is 11.8. The Balaban J connectivity index is 2.82. The molecule has 0 aromatic rings. The first kappa shape index (κ1) is 13.5. The number of hydrogen-bond acceptors (Lipinski definition) is 0. The predicted molar refractivity (Wildman–Crippen MR) is 55.7 cm³/mol. The minimum absolute atomic E-state index is 0.502. The Hall–Kier alpha value is 1.53. The zero-order chi connectivity index (χ0) is 9.23. The minimum atomic E-state index is 0.502. The van der Waals surface area contributed by atoms with Crippen LogP contribution in [0.3, 0.4) is 0 Å². The Morgan fingerprint density at radius 2 is 1.42 bits per heavy atom. The third kappa shape index (κ3) is 11.5. The van der Waals surface area contributed by atoms with E-state index in [9.17, 15) is 0 Å². The van der Waals surface area contributed by atoms with E-state index in [1.165, 1.54) is 75.2 Å². The van der Waals surface area contributed by atoms with Crippen LogP contribution in [-0.4, -0.2) is 12.8 Å². The van der Waals surface area contributed by atoms with E-state index < -0.39 is 0 Å². The molecule has 0 aromatic carbocycles. The molecule has 1 atom stereocenters. The normalized spacial score (nSPS) is 13.1. The Labute approximate surface area is 98.5 Å². The van der Waals surface area contributed by atoms with Crippen molar-refractivity contribution in [2.24, 2.45) is 0 Å². The van der Waals surface area contributed by atoms with Gasteiger partial charge in [-0.3, -0.25) is 0 Å². The van der Waals surface area contributed by atoms with E-state index in [0.717, 1.165) is 0 Å². The van der Waals surface area contributed by atoms with E-state index in [-0.39, 0.29) is 0 Å². The summed E-state index contributed by atoms with van der Waals surface area (Å²) in [6.45, 7) is 4.72. The molecule has 0 saturated heterocycles. The molecule has 12 heavy (non-hydrogen) atoms.